The largest absolute Gasteiger partial charge is 0.356 e. The first kappa shape index (κ1) is 24.6. The van der Waals surface area contributed by atoms with Gasteiger partial charge < -0.3 is 10.6 Å². The maximum absolute atomic E-state index is 4.59. The van der Waals surface area contributed by atoms with Crippen molar-refractivity contribution in [1.29, 1.82) is 0 Å². The lowest BCUT2D eigenvalue weighted by Crippen LogP contribution is -2.45. The minimum absolute atomic E-state index is 0. The number of aromatic nitrogens is 1. The molecule has 0 aromatic carbocycles. The van der Waals surface area contributed by atoms with Crippen LogP contribution in [0.4, 0.5) is 0 Å². The van der Waals surface area contributed by atoms with Gasteiger partial charge in [0.15, 0.2) is 5.96 Å². The second-order valence-corrected chi connectivity index (χ2v) is 8.63. The average Bonchev–Trinajstić information content (AvgIpc) is 3.05. The van der Waals surface area contributed by atoms with Crippen molar-refractivity contribution < 1.29 is 0 Å². The molecule has 156 valence electrons. The predicted molar refractivity (Wildman–Crippen MR) is 128 cm³/mol. The van der Waals surface area contributed by atoms with Crippen molar-refractivity contribution in [3.8, 4) is 0 Å². The zero-order valence-electron chi connectivity index (χ0n) is 17.5. The number of nitrogens with one attached hydrogen (secondary N) is 2. The van der Waals surface area contributed by atoms with Crippen LogP contribution < -0.4 is 10.6 Å². The van der Waals surface area contributed by atoms with Crippen LogP contribution in [0.25, 0.3) is 0 Å². The molecule has 1 saturated heterocycles. The van der Waals surface area contributed by atoms with Gasteiger partial charge in [-0.05, 0) is 52.1 Å². The number of thiazole rings is 1. The van der Waals surface area contributed by atoms with Gasteiger partial charge >= 0.3 is 0 Å². The smallest absolute Gasteiger partial charge is 0.191 e. The minimum atomic E-state index is 0. The molecular weight excluding hydrogens is 469 g/mol. The van der Waals surface area contributed by atoms with Gasteiger partial charge in [0.25, 0.3) is 0 Å². The molecule has 0 aliphatic carbocycles. The fourth-order valence-electron chi connectivity index (χ4n) is 3.50. The van der Waals surface area contributed by atoms with Crippen molar-refractivity contribution in [1.82, 2.24) is 20.5 Å². The molecule has 0 amide bonds. The van der Waals surface area contributed by atoms with Crippen molar-refractivity contribution in [2.75, 3.05) is 26.7 Å². The number of hydrogen-bond acceptors (Lipinski definition) is 4. The Hall–Kier alpha value is -0.410. The van der Waals surface area contributed by atoms with Crippen molar-refractivity contribution in [2.45, 2.75) is 71.9 Å². The lowest BCUT2D eigenvalue weighted by molar-refractivity contribution is 0.176. The third-order valence-corrected chi connectivity index (χ3v) is 5.99. The van der Waals surface area contributed by atoms with E-state index >= 15 is 0 Å². The summed E-state index contributed by atoms with van der Waals surface area (Å²) in [5.41, 5.74) is 1.23. The summed E-state index contributed by atoms with van der Waals surface area (Å²) in [6.45, 7) is 10.9. The Morgan fingerprint density at radius 3 is 2.70 bits per heavy atom. The monoisotopic (exact) mass is 507 g/mol. The van der Waals surface area contributed by atoms with E-state index in [2.05, 4.69) is 51.7 Å². The van der Waals surface area contributed by atoms with Gasteiger partial charge in [-0.3, -0.25) is 9.89 Å². The molecule has 1 aliphatic heterocycles. The second kappa shape index (κ2) is 13.7. The van der Waals surface area contributed by atoms with Crippen molar-refractivity contribution in [2.24, 2.45) is 10.9 Å². The molecule has 1 atom stereocenters. The molecule has 1 aromatic heterocycles. The Bertz CT molecular complexity index is 540. The summed E-state index contributed by atoms with van der Waals surface area (Å²) in [5, 5.41) is 10.4. The number of nitrogens with zero attached hydrogens (tertiary/aromatic N) is 3. The van der Waals surface area contributed by atoms with E-state index < -0.39 is 0 Å². The molecule has 1 aliphatic rings. The van der Waals surface area contributed by atoms with E-state index in [0.29, 0.717) is 6.04 Å². The highest BCUT2D eigenvalue weighted by molar-refractivity contribution is 14.0. The molecule has 2 N–H and O–H groups in total. The molecule has 27 heavy (non-hydrogen) atoms. The fraction of sp³-hybridized carbons (Fsp3) is 0.800. The molecule has 2 rings (SSSR count). The highest BCUT2D eigenvalue weighted by atomic mass is 127. The molecule has 2 heterocycles. The molecule has 5 nitrogen and oxygen atoms in total. The number of halogens is 1. The third-order valence-electron chi connectivity index (χ3n) is 5.16. The first-order valence-electron chi connectivity index (χ1n) is 10.2. The summed E-state index contributed by atoms with van der Waals surface area (Å²) in [6.07, 6.45) is 7.59. The van der Waals surface area contributed by atoms with Gasteiger partial charge in [0, 0.05) is 31.6 Å². The summed E-state index contributed by atoms with van der Waals surface area (Å²) in [7, 11) is 1.87. The van der Waals surface area contributed by atoms with Crippen LogP contribution in [0.3, 0.4) is 0 Å². The molecule has 7 heteroatoms. The van der Waals surface area contributed by atoms with Gasteiger partial charge in [0.05, 0.1) is 10.7 Å². The number of likely N-dealkylation sites (tertiary alicyclic amines) is 1. The lowest BCUT2D eigenvalue weighted by Gasteiger charge is -2.32. The summed E-state index contributed by atoms with van der Waals surface area (Å²) < 4.78 is 0. The zero-order valence-corrected chi connectivity index (χ0v) is 20.6. The van der Waals surface area contributed by atoms with Crippen LogP contribution in [0.5, 0.6) is 0 Å². The predicted octanol–water partition coefficient (Wildman–Crippen LogP) is 4.42. The van der Waals surface area contributed by atoms with Crippen LogP contribution in [0.2, 0.25) is 0 Å². The Balaban J connectivity index is 0.00000364. The molecule has 0 bridgehead atoms. The summed E-state index contributed by atoms with van der Waals surface area (Å²) in [5.74, 6) is 1.69. The Kier molecular flexibility index (Phi) is 12.5. The quantitative estimate of drug-likeness (QED) is 0.225. The Morgan fingerprint density at radius 1 is 1.37 bits per heavy atom. The van der Waals surface area contributed by atoms with E-state index in [1.165, 1.54) is 62.3 Å². The van der Waals surface area contributed by atoms with E-state index in [4.69, 9.17) is 0 Å². The van der Waals surface area contributed by atoms with Crippen LogP contribution in [0.1, 0.15) is 63.1 Å². The number of piperidine rings is 1. The van der Waals surface area contributed by atoms with Crippen LogP contribution >= 0.6 is 35.3 Å². The van der Waals surface area contributed by atoms with Crippen molar-refractivity contribution in [3.05, 3.63) is 16.1 Å². The Labute approximate surface area is 186 Å². The number of guanidine groups is 1. The molecule has 0 saturated carbocycles. The molecule has 1 aromatic rings. The summed E-state index contributed by atoms with van der Waals surface area (Å²) in [6, 6.07) is 0.483. The topological polar surface area (TPSA) is 52.6 Å². The fourth-order valence-corrected chi connectivity index (χ4v) is 4.10. The number of rotatable bonds is 9. The maximum Gasteiger partial charge on any atom is 0.191 e. The van der Waals surface area contributed by atoms with E-state index in [-0.39, 0.29) is 24.0 Å². The number of unbranched alkanes of at least 4 members (excludes halogenated alkanes) is 2. The van der Waals surface area contributed by atoms with Gasteiger partial charge in [-0.1, -0.05) is 26.2 Å². The summed E-state index contributed by atoms with van der Waals surface area (Å²) >= 11 is 1.75. The molecule has 0 radical (unpaired) electrons. The minimum Gasteiger partial charge on any atom is -0.356 e. The Morgan fingerprint density at radius 2 is 2.11 bits per heavy atom. The molecule has 1 fully saturated rings. The first-order valence-corrected chi connectivity index (χ1v) is 11.1. The van der Waals surface area contributed by atoms with E-state index in [0.717, 1.165) is 25.0 Å². The van der Waals surface area contributed by atoms with Gasteiger partial charge in [0.2, 0.25) is 0 Å². The highest BCUT2D eigenvalue weighted by Crippen LogP contribution is 2.19. The first-order chi connectivity index (χ1) is 12.6. The second-order valence-electron chi connectivity index (χ2n) is 7.57. The van der Waals surface area contributed by atoms with Crippen molar-refractivity contribution >= 4 is 41.3 Å². The number of aryl methyl sites for hydroxylation is 1. The van der Waals surface area contributed by atoms with E-state index in [1.54, 1.807) is 11.3 Å². The van der Waals surface area contributed by atoms with Crippen LogP contribution in [0, 0.1) is 12.8 Å². The lowest BCUT2D eigenvalue weighted by atomic mass is 9.97. The van der Waals surface area contributed by atoms with Gasteiger partial charge in [0.1, 0.15) is 0 Å². The molecule has 1 unspecified atom stereocenters. The zero-order chi connectivity index (χ0) is 18.8. The third kappa shape index (κ3) is 9.56. The maximum atomic E-state index is 4.59. The SMILES string of the molecule is CCCCCC(C)NC(=NC)NCC1CCN(Cc2csc(C)n2)CC1.I. The van der Waals surface area contributed by atoms with E-state index in [1.807, 2.05) is 7.05 Å². The van der Waals surface area contributed by atoms with Gasteiger partial charge in [-0.25, -0.2) is 4.98 Å². The number of aliphatic imine (C=N–C) groups is 1. The van der Waals surface area contributed by atoms with Gasteiger partial charge in [-0.2, -0.15) is 0 Å². The molecular formula is C20H38IN5S. The van der Waals surface area contributed by atoms with E-state index in [9.17, 15) is 0 Å². The van der Waals surface area contributed by atoms with Gasteiger partial charge in [-0.15, -0.1) is 35.3 Å². The average molecular weight is 508 g/mol. The standard InChI is InChI=1S/C20H37N5S.HI/c1-5-6-7-8-16(2)23-20(21-4)22-13-18-9-11-25(12-10-18)14-19-15-26-17(3)24-19;/h15-16,18H,5-14H2,1-4H3,(H2,21,22,23);1H. The summed E-state index contributed by atoms with van der Waals surface area (Å²) in [4.78, 5) is 11.5. The van der Waals surface area contributed by atoms with Crippen LogP contribution in [-0.4, -0.2) is 48.6 Å². The number of hydrogen-bond donors (Lipinski definition) is 2. The normalized spacial score (nSPS) is 17.4. The highest BCUT2D eigenvalue weighted by Gasteiger charge is 2.20. The van der Waals surface area contributed by atoms with Crippen LogP contribution in [-0.2, 0) is 6.54 Å². The van der Waals surface area contributed by atoms with Crippen molar-refractivity contribution in [3.63, 3.8) is 0 Å². The van der Waals surface area contributed by atoms with Crippen LogP contribution in [0.15, 0.2) is 10.4 Å². The molecule has 0 spiro atoms.